The Morgan fingerprint density at radius 2 is 2.03 bits per heavy atom. The first kappa shape index (κ1) is 21.6. The summed E-state index contributed by atoms with van der Waals surface area (Å²) in [4.78, 5) is 34.7. The number of anilines is 2. The molecule has 9 heteroatoms. The highest BCUT2D eigenvalue weighted by atomic mass is 19.1. The van der Waals surface area contributed by atoms with Crippen LogP contribution in [0.15, 0.2) is 24.4 Å². The van der Waals surface area contributed by atoms with Crippen molar-refractivity contribution in [3.05, 3.63) is 47.0 Å². The first-order valence-corrected chi connectivity index (χ1v) is 9.83. The molecule has 0 saturated carbocycles. The van der Waals surface area contributed by atoms with E-state index in [1.807, 2.05) is 13.8 Å². The Kier molecular flexibility index (Phi) is 6.31. The van der Waals surface area contributed by atoms with E-state index >= 15 is 0 Å². The van der Waals surface area contributed by atoms with Crippen LogP contribution in [0.25, 0.3) is 0 Å². The molecule has 1 aromatic heterocycles. The van der Waals surface area contributed by atoms with Crippen LogP contribution in [0.3, 0.4) is 0 Å². The minimum atomic E-state index is -0.489. The van der Waals surface area contributed by atoms with Crippen LogP contribution in [0.1, 0.15) is 48.4 Å². The fourth-order valence-electron chi connectivity index (χ4n) is 3.78. The number of carbonyl (C=O) groups excluding carboxylic acids is 2. The Morgan fingerprint density at radius 1 is 1.30 bits per heavy atom. The first-order chi connectivity index (χ1) is 14.2. The number of hydrogen-bond acceptors (Lipinski definition) is 6. The molecule has 160 valence electrons. The van der Waals surface area contributed by atoms with Crippen LogP contribution in [0.2, 0.25) is 0 Å². The predicted molar refractivity (Wildman–Crippen MR) is 111 cm³/mol. The smallest absolute Gasteiger partial charge is 0.251 e. The fourth-order valence-corrected chi connectivity index (χ4v) is 3.78. The summed E-state index contributed by atoms with van der Waals surface area (Å²) in [6, 6.07) is 4.70. The number of benzene rings is 1. The number of halogens is 1. The third-order valence-corrected chi connectivity index (χ3v) is 5.52. The summed E-state index contributed by atoms with van der Waals surface area (Å²) in [5.41, 5.74) is 2.09. The fraction of sp³-hybridized carbons (Fsp3) is 0.429. The van der Waals surface area contributed by atoms with Gasteiger partial charge in [-0.15, -0.1) is 0 Å². The minimum absolute atomic E-state index is 0.0499. The van der Waals surface area contributed by atoms with E-state index in [4.69, 9.17) is 5.11 Å². The van der Waals surface area contributed by atoms with E-state index in [1.165, 1.54) is 6.92 Å². The van der Waals surface area contributed by atoms with Crippen molar-refractivity contribution >= 4 is 23.5 Å². The van der Waals surface area contributed by atoms with Crippen molar-refractivity contribution in [3.8, 4) is 0 Å². The highest BCUT2D eigenvalue weighted by Gasteiger charge is 2.38. The maximum atomic E-state index is 13.6. The van der Waals surface area contributed by atoms with E-state index in [0.717, 1.165) is 11.8 Å². The zero-order valence-corrected chi connectivity index (χ0v) is 17.4. The quantitative estimate of drug-likeness (QED) is 0.691. The second-order valence-corrected chi connectivity index (χ2v) is 7.49. The van der Waals surface area contributed by atoms with Crippen LogP contribution in [-0.2, 0) is 4.79 Å². The van der Waals surface area contributed by atoms with Crippen LogP contribution in [-0.4, -0.2) is 46.1 Å². The van der Waals surface area contributed by atoms with Crippen molar-refractivity contribution in [1.29, 1.82) is 0 Å². The Labute approximate surface area is 174 Å². The van der Waals surface area contributed by atoms with Crippen LogP contribution in [0.5, 0.6) is 0 Å². The van der Waals surface area contributed by atoms with E-state index in [0.29, 0.717) is 11.3 Å². The lowest BCUT2D eigenvalue weighted by Gasteiger charge is -2.44. The molecule has 1 aromatic carbocycles. The number of fused-ring (bicyclic) bond motifs is 1. The lowest BCUT2D eigenvalue weighted by atomic mass is 9.82. The van der Waals surface area contributed by atoms with Gasteiger partial charge in [0.2, 0.25) is 11.9 Å². The average Bonchev–Trinajstić information content (AvgIpc) is 2.71. The molecule has 0 saturated heterocycles. The second kappa shape index (κ2) is 8.74. The molecule has 8 nitrogen and oxygen atoms in total. The van der Waals surface area contributed by atoms with Crippen molar-refractivity contribution in [2.75, 3.05) is 23.4 Å². The van der Waals surface area contributed by atoms with Gasteiger partial charge in [-0.1, -0.05) is 6.92 Å². The largest absolute Gasteiger partial charge is 0.395 e. The Morgan fingerprint density at radius 3 is 2.67 bits per heavy atom. The summed E-state index contributed by atoms with van der Waals surface area (Å²) in [5.74, 6) is -0.682. The molecule has 0 aliphatic carbocycles. The van der Waals surface area contributed by atoms with Gasteiger partial charge in [-0.05, 0) is 37.6 Å². The second-order valence-electron chi connectivity index (χ2n) is 7.49. The van der Waals surface area contributed by atoms with E-state index < -0.39 is 5.82 Å². The van der Waals surface area contributed by atoms with E-state index in [-0.39, 0.29) is 54.6 Å². The molecule has 0 bridgehead atoms. The van der Waals surface area contributed by atoms with Gasteiger partial charge in [0.1, 0.15) is 0 Å². The molecule has 3 N–H and O–H groups in total. The van der Waals surface area contributed by atoms with Gasteiger partial charge in [-0.25, -0.2) is 14.4 Å². The van der Waals surface area contributed by atoms with Gasteiger partial charge in [0.15, 0.2) is 5.82 Å². The molecule has 1 aliphatic rings. The van der Waals surface area contributed by atoms with Crippen LogP contribution in [0, 0.1) is 18.7 Å². The molecule has 0 unspecified atom stereocenters. The number of aryl methyl sites for hydroxylation is 1. The van der Waals surface area contributed by atoms with E-state index in [9.17, 15) is 14.0 Å². The molecule has 2 heterocycles. The topological polar surface area (TPSA) is 107 Å². The van der Waals surface area contributed by atoms with Gasteiger partial charge in [0.25, 0.3) is 5.91 Å². The van der Waals surface area contributed by atoms with Crippen molar-refractivity contribution in [3.63, 3.8) is 0 Å². The van der Waals surface area contributed by atoms with Gasteiger partial charge in [0, 0.05) is 36.7 Å². The normalized spacial score (nSPS) is 20.5. The molecule has 30 heavy (non-hydrogen) atoms. The summed E-state index contributed by atoms with van der Waals surface area (Å²) >= 11 is 0. The van der Waals surface area contributed by atoms with Crippen molar-refractivity contribution in [2.24, 2.45) is 5.92 Å². The minimum Gasteiger partial charge on any atom is -0.395 e. The lowest BCUT2D eigenvalue weighted by molar-refractivity contribution is -0.117. The summed E-state index contributed by atoms with van der Waals surface area (Å²) in [5, 5.41) is 14.8. The zero-order chi connectivity index (χ0) is 22.0. The molecule has 3 atom stereocenters. The Hall–Kier alpha value is -3.07. The molecule has 0 fully saturated rings. The third kappa shape index (κ3) is 4.11. The highest BCUT2D eigenvalue weighted by molar-refractivity contribution is 5.98. The molecule has 1 aliphatic heterocycles. The summed E-state index contributed by atoms with van der Waals surface area (Å²) in [7, 11) is 0. The van der Waals surface area contributed by atoms with Gasteiger partial charge in [0.05, 0.1) is 24.5 Å². The number of nitrogens with zero attached hydrogens (tertiary/aromatic N) is 3. The summed E-state index contributed by atoms with van der Waals surface area (Å²) in [6.45, 7) is 7.01. The lowest BCUT2D eigenvalue weighted by Crippen LogP contribution is -2.48. The van der Waals surface area contributed by atoms with Crippen molar-refractivity contribution in [1.82, 2.24) is 15.3 Å². The first-order valence-electron chi connectivity index (χ1n) is 9.83. The number of hydrogen-bond donors (Lipinski definition) is 3. The molecular formula is C21H26FN5O3. The van der Waals surface area contributed by atoms with Gasteiger partial charge < -0.3 is 20.6 Å². The Bertz CT molecular complexity index is 968. The Balaban J connectivity index is 2.05. The third-order valence-electron chi connectivity index (χ3n) is 5.52. The standard InChI is InChI=1S/C21H26FN5O3/c1-11-13(3)27(14(4)29)18-6-5-15(20(30)23-7-8-28)9-16(18)19(11)26-21-24-10-17(22)12(2)25-21/h5-6,9-11,13,19,28H,7-8H2,1-4H3,(H,23,30)(H,24,25,26)/t11-,13-,19+/m0/s1. The SMILES string of the molecule is CC(=O)N1c2ccc(C(=O)NCCO)cc2[C@H](Nc2ncc(F)c(C)n2)[C@@H](C)[C@@H]1C. The molecule has 0 radical (unpaired) electrons. The average molecular weight is 415 g/mol. The van der Waals surface area contributed by atoms with Gasteiger partial charge >= 0.3 is 0 Å². The summed E-state index contributed by atoms with van der Waals surface area (Å²) in [6.07, 6.45) is 1.11. The number of aromatic nitrogens is 2. The number of amides is 2. The van der Waals surface area contributed by atoms with Crippen LogP contribution in [0.4, 0.5) is 16.0 Å². The molecule has 2 aromatic rings. The zero-order valence-electron chi connectivity index (χ0n) is 17.4. The summed E-state index contributed by atoms with van der Waals surface area (Å²) < 4.78 is 13.6. The van der Waals surface area contributed by atoms with Crippen LogP contribution < -0.4 is 15.5 Å². The monoisotopic (exact) mass is 415 g/mol. The number of aliphatic hydroxyl groups is 1. The van der Waals surface area contributed by atoms with Gasteiger partial charge in [-0.2, -0.15) is 0 Å². The van der Waals surface area contributed by atoms with Crippen molar-refractivity contribution in [2.45, 2.75) is 39.8 Å². The molecule has 2 amide bonds. The number of carbonyl (C=O) groups is 2. The number of aliphatic hydroxyl groups excluding tert-OH is 1. The maximum Gasteiger partial charge on any atom is 0.251 e. The van der Waals surface area contributed by atoms with E-state index in [1.54, 1.807) is 30.0 Å². The van der Waals surface area contributed by atoms with Crippen LogP contribution >= 0.6 is 0 Å². The van der Waals surface area contributed by atoms with Crippen molar-refractivity contribution < 1.29 is 19.1 Å². The molecular weight excluding hydrogens is 389 g/mol. The predicted octanol–water partition coefficient (Wildman–Crippen LogP) is 2.19. The highest BCUT2D eigenvalue weighted by Crippen LogP contribution is 2.42. The number of rotatable bonds is 5. The van der Waals surface area contributed by atoms with Gasteiger partial charge in [-0.3, -0.25) is 9.59 Å². The molecule has 3 rings (SSSR count). The number of nitrogens with one attached hydrogen (secondary N) is 2. The van der Waals surface area contributed by atoms with E-state index in [2.05, 4.69) is 20.6 Å². The molecule has 0 spiro atoms. The maximum absolute atomic E-state index is 13.6.